The van der Waals surface area contributed by atoms with Crippen LogP contribution < -0.4 is 14.8 Å². The van der Waals surface area contributed by atoms with E-state index in [0.29, 0.717) is 17.1 Å². The van der Waals surface area contributed by atoms with Crippen molar-refractivity contribution in [2.45, 2.75) is 19.9 Å². The van der Waals surface area contributed by atoms with E-state index in [-0.39, 0.29) is 11.9 Å². The molecule has 132 valence electrons. The number of hydrogen-bond acceptors (Lipinski definition) is 4. The average molecular weight is 343 g/mol. The molecule has 0 saturated carbocycles. The van der Waals surface area contributed by atoms with E-state index >= 15 is 0 Å². The monoisotopic (exact) mass is 343 g/mol. The van der Waals surface area contributed by atoms with Gasteiger partial charge in [0.05, 0.1) is 13.2 Å². The zero-order chi connectivity index (χ0) is 18.4. The van der Waals surface area contributed by atoms with Gasteiger partial charge >= 0.3 is 5.97 Å². The van der Waals surface area contributed by atoms with E-state index in [1.807, 2.05) is 32.0 Å². The minimum Gasteiger partial charge on any atom is -0.496 e. The molecule has 0 bridgehead atoms. The second-order valence-corrected chi connectivity index (χ2v) is 5.65. The molecule has 0 fully saturated rings. The normalized spacial score (nSPS) is 11.5. The molecule has 1 amide bonds. The van der Waals surface area contributed by atoms with Gasteiger partial charge in [0.1, 0.15) is 11.5 Å². The fourth-order valence-electron chi connectivity index (χ4n) is 2.42. The number of methoxy groups -OCH3 is 1. The fraction of sp³-hybridized carbons (Fsp3) is 0.263. The second-order valence-electron chi connectivity index (χ2n) is 5.65. The summed E-state index contributed by atoms with van der Waals surface area (Å²) in [6, 6.07) is 11.9. The van der Waals surface area contributed by atoms with Crippen LogP contribution in [0.1, 0.15) is 34.5 Å². The van der Waals surface area contributed by atoms with Crippen molar-refractivity contribution in [3.63, 3.8) is 0 Å². The second kappa shape index (κ2) is 8.19. The van der Waals surface area contributed by atoms with Crippen LogP contribution in [0.3, 0.4) is 0 Å². The summed E-state index contributed by atoms with van der Waals surface area (Å²) >= 11 is 0. The van der Waals surface area contributed by atoms with Crippen LogP contribution in [0.5, 0.6) is 11.5 Å². The Morgan fingerprint density at radius 2 is 1.96 bits per heavy atom. The molecule has 0 heterocycles. The van der Waals surface area contributed by atoms with Gasteiger partial charge in [-0.3, -0.25) is 4.79 Å². The van der Waals surface area contributed by atoms with Crippen LogP contribution in [0.2, 0.25) is 0 Å². The van der Waals surface area contributed by atoms with E-state index in [2.05, 4.69) is 5.32 Å². The van der Waals surface area contributed by atoms with Gasteiger partial charge in [-0.15, -0.1) is 0 Å². The first-order valence-corrected chi connectivity index (χ1v) is 7.80. The van der Waals surface area contributed by atoms with Crippen molar-refractivity contribution < 1.29 is 24.2 Å². The van der Waals surface area contributed by atoms with Gasteiger partial charge in [0.25, 0.3) is 5.91 Å². The summed E-state index contributed by atoms with van der Waals surface area (Å²) in [5, 5.41) is 11.6. The first-order chi connectivity index (χ1) is 11.9. The number of carbonyl (C=O) groups is 2. The smallest absolute Gasteiger partial charge is 0.341 e. The van der Waals surface area contributed by atoms with E-state index in [9.17, 15) is 9.59 Å². The Hall–Kier alpha value is -3.02. The summed E-state index contributed by atoms with van der Waals surface area (Å²) in [6.45, 7) is 3.39. The number of nitrogens with one attached hydrogen (secondary N) is 1. The Kier molecular flexibility index (Phi) is 6.00. The Morgan fingerprint density at radius 1 is 1.20 bits per heavy atom. The molecule has 2 rings (SSSR count). The molecular formula is C19H21NO5. The number of aryl methyl sites for hydroxylation is 1. The van der Waals surface area contributed by atoms with Gasteiger partial charge in [-0.05, 0) is 38.1 Å². The lowest BCUT2D eigenvalue weighted by Gasteiger charge is -2.18. The number of aliphatic carboxylic acids is 1. The summed E-state index contributed by atoms with van der Waals surface area (Å²) in [5.74, 6) is -0.320. The van der Waals surface area contributed by atoms with Crippen molar-refractivity contribution in [2.75, 3.05) is 13.7 Å². The molecule has 0 radical (unpaired) electrons. The van der Waals surface area contributed by atoms with Crippen molar-refractivity contribution in [1.82, 2.24) is 5.32 Å². The first-order valence-electron chi connectivity index (χ1n) is 7.80. The molecule has 1 atom stereocenters. The number of rotatable bonds is 7. The molecule has 25 heavy (non-hydrogen) atoms. The number of benzene rings is 2. The zero-order valence-electron chi connectivity index (χ0n) is 14.4. The average Bonchev–Trinajstić information content (AvgIpc) is 2.60. The molecule has 2 N–H and O–H groups in total. The van der Waals surface area contributed by atoms with Crippen LogP contribution in [-0.2, 0) is 4.79 Å². The number of carboxylic acid groups (broad SMARTS) is 1. The Morgan fingerprint density at radius 3 is 2.64 bits per heavy atom. The quantitative estimate of drug-likeness (QED) is 0.807. The summed E-state index contributed by atoms with van der Waals surface area (Å²) in [5.41, 5.74) is 2.34. The third-order valence-corrected chi connectivity index (χ3v) is 3.66. The molecule has 0 aliphatic carbocycles. The third kappa shape index (κ3) is 4.97. The van der Waals surface area contributed by atoms with Gasteiger partial charge < -0.3 is 19.9 Å². The molecule has 6 nitrogen and oxygen atoms in total. The predicted molar refractivity (Wildman–Crippen MR) is 93.2 cm³/mol. The lowest BCUT2D eigenvalue weighted by Crippen LogP contribution is -2.27. The summed E-state index contributed by atoms with van der Waals surface area (Å²) in [7, 11) is 1.59. The maximum atomic E-state index is 12.5. The minimum atomic E-state index is -1.07. The van der Waals surface area contributed by atoms with E-state index in [4.69, 9.17) is 14.6 Å². The molecule has 2 aromatic carbocycles. The van der Waals surface area contributed by atoms with Crippen LogP contribution in [0, 0.1) is 6.92 Å². The molecule has 2 aromatic rings. The highest BCUT2D eigenvalue weighted by molar-refractivity contribution is 5.94. The Labute approximate surface area is 146 Å². The highest BCUT2D eigenvalue weighted by Gasteiger charge is 2.16. The molecule has 0 aromatic heterocycles. The summed E-state index contributed by atoms with van der Waals surface area (Å²) in [4.78, 5) is 23.0. The lowest BCUT2D eigenvalue weighted by atomic mass is 10.0. The van der Waals surface area contributed by atoms with Gasteiger partial charge in [-0.25, -0.2) is 4.79 Å². The fourth-order valence-corrected chi connectivity index (χ4v) is 2.42. The van der Waals surface area contributed by atoms with E-state index in [1.165, 1.54) is 6.07 Å². The standard InChI is InChI=1S/C19H21NO5/c1-12-7-8-17(24-3)16(9-12)13(2)20-19(23)14-5-4-6-15(10-14)25-11-18(21)22/h4-10,13H,11H2,1-3H3,(H,20,23)(H,21,22). The Bertz CT molecular complexity index is 772. The number of amides is 1. The van der Waals surface area contributed by atoms with Crippen molar-refractivity contribution in [1.29, 1.82) is 0 Å². The van der Waals surface area contributed by atoms with E-state index in [1.54, 1.807) is 25.3 Å². The molecule has 0 aliphatic rings. The van der Waals surface area contributed by atoms with E-state index < -0.39 is 12.6 Å². The van der Waals surface area contributed by atoms with Crippen molar-refractivity contribution in [3.05, 3.63) is 59.2 Å². The van der Waals surface area contributed by atoms with Gasteiger partial charge in [0.2, 0.25) is 0 Å². The van der Waals surface area contributed by atoms with Crippen LogP contribution in [0.15, 0.2) is 42.5 Å². The molecule has 6 heteroatoms. The molecule has 0 spiro atoms. The summed E-state index contributed by atoms with van der Waals surface area (Å²) in [6.07, 6.45) is 0. The maximum Gasteiger partial charge on any atom is 0.341 e. The SMILES string of the molecule is COc1ccc(C)cc1C(C)NC(=O)c1cccc(OCC(=O)O)c1. The van der Waals surface area contributed by atoms with Crippen molar-refractivity contribution in [2.24, 2.45) is 0 Å². The maximum absolute atomic E-state index is 12.5. The zero-order valence-corrected chi connectivity index (χ0v) is 14.4. The molecule has 0 aliphatic heterocycles. The number of carbonyl (C=O) groups excluding carboxylic acids is 1. The third-order valence-electron chi connectivity index (χ3n) is 3.66. The highest BCUT2D eigenvalue weighted by atomic mass is 16.5. The molecular weight excluding hydrogens is 322 g/mol. The van der Waals surface area contributed by atoms with Crippen LogP contribution in [-0.4, -0.2) is 30.7 Å². The topological polar surface area (TPSA) is 84.9 Å². The summed E-state index contributed by atoms with van der Waals surface area (Å²) < 4.78 is 10.5. The predicted octanol–water partition coefficient (Wildman–Crippen LogP) is 2.96. The number of hydrogen-bond donors (Lipinski definition) is 2. The van der Waals surface area contributed by atoms with Gasteiger partial charge in [-0.2, -0.15) is 0 Å². The molecule has 0 saturated heterocycles. The first kappa shape index (κ1) is 18.3. The van der Waals surface area contributed by atoms with Crippen molar-refractivity contribution in [3.8, 4) is 11.5 Å². The Balaban J connectivity index is 2.12. The van der Waals surface area contributed by atoms with Gasteiger partial charge in [0, 0.05) is 11.1 Å². The van der Waals surface area contributed by atoms with Gasteiger partial charge in [0.15, 0.2) is 6.61 Å². The number of carboxylic acids is 1. The number of ether oxygens (including phenoxy) is 2. The van der Waals surface area contributed by atoms with Gasteiger partial charge in [-0.1, -0.05) is 23.8 Å². The van der Waals surface area contributed by atoms with Crippen LogP contribution in [0.4, 0.5) is 0 Å². The minimum absolute atomic E-state index is 0.258. The van der Waals surface area contributed by atoms with E-state index in [0.717, 1.165) is 11.1 Å². The van der Waals surface area contributed by atoms with Crippen LogP contribution in [0.25, 0.3) is 0 Å². The van der Waals surface area contributed by atoms with Crippen LogP contribution >= 0.6 is 0 Å². The largest absolute Gasteiger partial charge is 0.496 e. The van der Waals surface area contributed by atoms with Crippen molar-refractivity contribution >= 4 is 11.9 Å². The highest BCUT2D eigenvalue weighted by Crippen LogP contribution is 2.26. The lowest BCUT2D eigenvalue weighted by molar-refractivity contribution is -0.139. The molecule has 1 unspecified atom stereocenters.